The molecule has 0 N–H and O–H groups in total. The second-order valence-electron chi connectivity index (χ2n) is 4.29. The highest BCUT2D eigenvalue weighted by atomic mass is 32.2. The van der Waals surface area contributed by atoms with Crippen molar-refractivity contribution < 1.29 is 8.42 Å². The van der Waals surface area contributed by atoms with Gasteiger partial charge in [0.25, 0.3) is 0 Å². The molecule has 86 valence electrons. The third-order valence-corrected chi connectivity index (χ3v) is 5.57. The zero-order chi connectivity index (χ0) is 11.8. The summed E-state index contributed by atoms with van der Waals surface area (Å²) in [6, 6.07) is 2.18. The number of thiazole rings is 1. The first kappa shape index (κ1) is 11.6. The van der Waals surface area contributed by atoms with Crippen LogP contribution in [0, 0.1) is 23.7 Å². The van der Waals surface area contributed by atoms with Gasteiger partial charge in [0.1, 0.15) is 0 Å². The van der Waals surface area contributed by atoms with Crippen molar-refractivity contribution in [2.24, 2.45) is 5.41 Å². The maximum Gasteiger partial charge on any atom is 0.151 e. The molecular formula is C10H12N2O2S2. The van der Waals surface area contributed by atoms with E-state index in [4.69, 9.17) is 0 Å². The fraction of sp³-hybridized carbons (Fsp3) is 0.600. The molecule has 1 aromatic heterocycles. The van der Waals surface area contributed by atoms with E-state index < -0.39 is 15.3 Å². The molecule has 4 nitrogen and oxygen atoms in total. The standard InChI is InChI=1S/C10H12N2O2S2/c1-8-5-15-9(12-8)4-10(6-11)2-3-16(13,14)7-10/h5H,2-4,7H2,1H3. The van der Waals surface area contributed by atoms with E-state index in [2.05, 4.69) is 11.1 Å². The van der Waals surface area contributed by atoms with E-state index in [1.807, 2.05) is 12.3 Å². The predicted molar refractivity (Wildman–Crippen MR) is 61.9 cm³/mol. The van der Waals surface area contributed by atoms with E-state index in [-0.39, 0.29) is 11.5 Å². The highest BCUT2D eigenvalue weighted by Gasteiger charge is 2.43. The number of hydrogen-bond acceptors (Lipinski definition) is 5. The third kappa shape index (κ3) is 2.25. The Kier molecular flexibility index (Phi) is 2.76. The minimum Gasteiger partial charge on any atom is -0.247 e. The number of rotatable bonds is 2. The van der Waals surface area contributed by atoms with Crippen molar-refractivity contribution in [3.05, 3.63) is 16.1 Å². The summed E-state index contributed by atoms with van der Waals surface area (Å²) >= 11 is 1.49. The van der Waals surface area contributed by atoms with Gasteiger partial charge in [-0.3, -0.25) is 0 Å². The maximum atomic E-state index is 11.4. The molecule has 0 bridgehead atoms. The van der Waals surface area contributed by atoms with E-state index in [1.54, 1.807) is 0 Å². The number of nitrogens with zero attached hydrogens (tertiary/aromatic N) is 2. The van der Waals surface area contributed by atoms with E-state index >= 15 is 0 Å². The molecule has 1 saturated heterocycles. The zero-order valence-electron chi connectivity index (χ0n) is 8.93. The van der Waals surface area contributed by atoms with Gasteiger partial charge in [-0.25, -0.2) is 13.4 Å². The summed E-state index contributed by atoms with van der Waals surface area (Å²) in [7, 11) is -3.02. The van der Waals surface area contributed by atoms with Crippen molar-refractivity contribution in [3.63, 3.8) is 0 Å². The van der Waals surface area contributed by atoms with Crippen molar-refractivity contribution in [1.29, 1.82) is 5.26 Å². The van der Waals surface area contributed by atoms with Crippen LogP contribution < -0.4 is 0 Å². The van der Waals surface area contributed by atoms with Gasteiger partial charge in [-0.1, -0.05) is 0 Å². The van der Waals surface area contributed by atoms with Crippen LogP contribution in [-0.4, -0.2) is 24.9 Å². The molecule has 0 spiro atoms. The lowest BCUT2D eigenvalue weighted by molar-refractivity contribution is 0.450. The summed E-state index contributed by atoms with van der Waals surface area (Å²) in [6.07, 6.45) is 0.895. The summed E-state index contributed by atoms with van der Waals surface area (Å²) in [6.45, 7) is 1.89. The van der Waals surface area contributed by atoms with Crippen LogP contribution in [0.25, 0.3) is 0 Å². The van der Waals surface area contributed by atoms with E-state index in [0.29, 0.717) is 12.8 Å². The molecule has 2 heterocycles. The highest BCUT2D eigenvalue weighted by molar-refractivity contribution is 7.91. The van der Waals surface area contributed by atoms with Gasteiger partial charge in [0, 0.05) is 17.5 Å². The minimum absolute atomic E-state index is 0.0187. The number of hydrogen-bond donors (Lipinski definition) is 0. The molecule has 1 unspecified atom stereocenters. The predicted octanol–water partition coefficient (Wildman–Crippen LogP) is 1.32. The molecule has 6 heteroatoms. The monoisotopic (exact) mass is 256 g/mol. The first-order chi connectivity index (χ1) is 7.45. The number of aryl methyl sites for hydroxylation is 1. The minimum atomic E-state index is -3.02. The van der Waals surface area contributed by atoms with Gasteiger partial charge >= 0.3 is 0 Å². The van der Waals surface area contributed by atoms with Crippen molar-refractivity contribution in [1.82, 2.24) is 4.98 Å². The summed E-state index contributed by atoms with van der Waals surface area (Å²) in [5.41, 5.74) is 0.178. The number of nitriles is 1. The Morgan fingerprint density at radius 3 is 2.88 bits per heavy atom. The number of aromatic nitrogens is 1. The van der Waals surface area contributed by atoms with Gasteiger partial charge in [0.15, 0.2) is 9.84 Å². The fourth-order valence-electron chi connectivity index (χ4n) is 1.96. The normalized spacial score (nSPS) is 27.8. The van der Waals surface area contributed by atoms with Crippen LogP contribution >= 0.6 is 11.3 Å². The molecule has 1 aliphatic rings. The molecular weight excluding hydrogens is 244 g/mol. The SMILES string of the molecule is Cc1csc(CC2(C#N)CCS(=O)(=O)C2)n1. The largest absolute Gasteiger partial charge is 0.247 e. The summed E-state index contributed by atoms with van der Waals surface area (Å²) in [4.78, 5) is 4.29. The molecule has 0 saturated carbocycles. The third-order valence-electron chi connectivity index (χ3n) is 2.78. The Morgan fingerprint density at radius 2 is 2.44 bits per heavy atom. The van der Waals surface area contributed by atoms with Gasteiger partial charge in [0.05, 0.1) is 28.0 Å². The van der Waals surface area contributed by atoms with Crippen LogP contribution in [0.3, 0.4) is 0 Å². The van der Waals surface area contributed by atoms with Crippen molar-refractivity contribution >= 4 is 21.2 Å². The van der Waals surface area contributed by atoms with Crippen LogP contribution in [0.4, 0.5) is 0 Å². The molecule has 0 aromatic carbocycles. The summed E-state index contributed by atoms with van der Waals surface area (Å²) < 4.78 is 22.9. The first-order valence-corrected chi connectivity index (χ1v) is 7.68. The van der Waals surface area contributed by atoms with Crippen molar-refractivity contribution in [2.75, 3.05) is 11.5 Å². The Hall–Kier alpha value is -0.930. The van der Waals surface area contributed by atoms with E-state index in [9.17, 15) is 13.7 Å². The average molecular weight is 256 g/mol. The summed E-state index contributed by atoms with van der Waals surface area (Å²) in [5, 5.41) is 12.0. The lowest BCUT2D eigenvalue weighted by atomic mass is 9.86. The van der Waals surface area contributed by atoms with Gasteiger partial charge in [-0.15, -0.1) is 11.3 Å². The lowest BCUT2D eigenvalue weighted by Crippen LogP contribution is -2.23. The molecule has 0 amide bonds. The molecule has 1 atom stereocenters. The fourth-order valence-corrected chi connectivity index (χ4v) is 4.87. The molecule has 16 heavy (non-hydrogen) atoms. The zero-order valence-corrected chi connectivity index (χ0v) is 10.6. The topological polar surface area (TPSA) is 70.8 Å². The van der Waals surface area contributed by atoms with Gasteiger partial charge in [-0.05, 0) is 13.3 Å². The van der Waals surface area contributed by atoms with Crippen LogP contribution in [-0.2, 0) is 16.3 Å². The Balaban J connectivity index is 2.22. The molecule has 0 radical (unpaired) electrons. The Bertz CT molecular complexity index is 541. The van der Waals surface area contributed by atoms with Gasteiger partial charge in [0.2, 0.25) is 0 Å². The van der Waals surface area contributed by atoms with Crippen molar-refractivity contribution in [2.45, 2.75) is 19.8 Å². The van der Waals surface area contributed by atoms with Crippen LogP contribution in [0.15, 0.2) is 5.38 Å². The average Bonchev–Trinajstić information content (AvgIpc) is 2.72. The van der Waals surface area contributed by atoms with Crippen LogP contribution in [0.5, 0.6) is 0 Å². The quantitative estimate of drug-likeness (QED) is 0.800. The van der Waals surface area contributed by atoms with Crippen LogP contribution in [0.1, 0.15) is 17.1 Å². The molecule has 2 rings (SSSR count). The van der Waals surface area contributed by atoms with E-state index in [0.717, 1.165) is 10.7 Å². The first-order valence-electron chi connectivity index (χ1n) is 4.97. The van der Waals surface area contributed by atoms with Gasteiger partial charge in [-0.2, -0.15) is 5.26 Å². The Labute approximate surface area is 98.9 Å². The maximum absolute atomic E-state index is 11.4. The summed E-state index contributed by atoms with van der Waals surface area (Å²) in [5.74, 6) is 0.111. The Morgan fingerprint density at radius 1 is 1.69 bits per heavy atom. The molecule has 1 fully saturated rings. The van der Waals surface area contributed by atoms with E-state index in [1.165, 1.54) is 11.3 Å². The van der Waals surface area contributed by atoms with Crippen LogP contribution in [0.2, 0.25) is 0 Å². The highest BCUT2D eigenvalue weighted by Crippen LogP contribution is 2.35. The van der Waals surface area contributed by atoms with Gasteiger partial charge < -0.3 is 0 Å². The molecule has 1 aromatic rings. The smallest absolute Gasteiger partial charge is 0.151 e. The second-order valence-corrected chi connectivity index (χ2v) is 7.42. The lowest BCUT2D eigenvalue weighted by Gasteiger charge is -2.16. The molecule has 1 aliphatic heterocycles. The second kappa shape index (κ2) is 3.82. The number of sulfone groups is 1. The molecule has 0 aliphatic carbocycles. The van der Waals surface area contributed by atoms with Crippen molar-refractivity contribution in [3.8, 4) is 6.07 Å².